The zero-order valence-electron chi connectivity index (χ0n) is 15.2. The van der Waals surface area contributed by atoms with Crippen LogP contribution in [0.1, 0.15) is 30.2 Å². The van der Waals surface area contributed by atoms with Gasteiger partial charge in [0.2, 0.25) is 15.9 Å². The highest BCUT2D eigenvalue weighted by molar-refractivity contribution is 7.89. The Hall–Kier alpha value is -1.78. The molecule has 1 saturated heterocycles. The van der Waals surface area contributed by atoms with Crippen molar-refractivity contribution in [3.8, 4) is 0 Å². The van der Waals surface area contributed by atoms with Crippen molar-refractivity contribution in [2.24, 2.45) is 5.92 Å². The molecule has 0 saturated carbocycles. The Morgan fingerprint density at radius 1 is 1.30 bits per heavy atom. The minimum absolute atomic E-state index is 0.103. The smallest absolute Gasteiger partial charge is 0.226 e. The molecule has 2 aliphatic heterocycles. The number of carbonyl (C=O) groups is 1. The van der Waals surface area contributed by atoms with E-state index in [-0.39, 0.29) is 17.6 Å². The van der Waals surface area contributed by atoms with Crippen LogP contribution < -0.4 is 5.73 Å². The van der Waals surface area contributed by atoms with E-state index in [2.05, 4.69) is 9.97 Å². The van der Waals surface area contributed by atoms with E-state index < -0.39 is 10.0 Å². The van der Waals surface area contributed by atoms with Crippen molar-refractivity contribution in [1.82, 2.24) is 19.2 Å². The number of thiophene rings is 1. The first kappa shape index (κ1) is 18.6. The Bertz CT molecular complexity index is 980. The number of nitrogens with two attached hydrogens (primary N) is 1. The molecule has 10 heteroatoms. The first-order chi connectivity index (χ1) is 12.9. The summed E-state index contributed by atoms with van der Waals surface area (Å²) in [7, 11) is -3.17. The summed E-state index contributed by atoms with van der Waals surface area (Å²) in [5, 5.41) is 0.933. The number of nitrogen functional groups attached to an aromatic ring is 1. The lowest BCUT2D eigenvalue weighted by Crippen LogP contribution is -2.45. The monoisotopic (exact) mass is 409 g/mol. The molecule has 0 radical (unpaired) electrons. The second-order valence-electron chi connectivity index (χ2n) is 7.03. The highest BCUT2D eigenvalue weighted by atomic mass is 32.2. The van der Waals surface area contributed by atoms with Gasteiger partial charge in [-0.25, -0.2) is 22.7 Å². The van der Waals surface area contributed by atoms with E-state index in [0.717, 1.165) is 21.5 Å². The lowest BCUT2D eigenvalue weighted by atomic mass is 9.95. The Kier molecular flexibility index (Phi) is 4.81. The maximum Gasteiger partial charge on any atom is 0.226 e. The molecule has 8 nitrogen and oxygen atoms in total. The summed E-state index contributed by atoms with van der Waals surface area (Å²) in [5.74, 6) is 0.639. The molecule has 0 atom stereocenters. The standard InChI is InChI=1S/C17H23N5O3S2/c1-2-27(24,25)22-7-3-11(4-8-22)17(23)21-6-5-12-13(9-21)26-16-14(12)15(18)19-10-20-16/h10-11H,2-9H2,1H3,(H2,18,19,20). The lowest BCUT2D eigenvalue weighted by Gasteiger charge is -2.35. The van der Waals surface area contributed by atoms with E-state index in [0.29, 0.717) is 44.8 Å². The molecule has 4 rings (SSSR count). The summed E-state index contributed by atoms with van der Waals surface area (Å²) in [6, 6.07) is 0. The van der Waals surface area contributed by atoms with E-state index in [4.69, 9.17) is 5.73 Å². The van der Waals surface area contributed by atoms with Crippen molar-refractivity contribution in [1.29, 1.82) is 0 Å². The summed E-state index contributed by atoms with van der Waals surface area (Å²) >= 11 is 1.58. The third-order valence-corrected chi connectivity index (χ3v) is 8.55. The lowest BCUT2D eigenvalue weighted by molar-refractivity contribution is -0.137. The molecule has 0 bridgehead atoms. The summed E-state index contributed by atoms with van der Waals surface area (Å²) in [4.78, 5) is 25.3. The first-order valence-corrected chi connectivity index (χ1v) is 11.6. The number of piperidine rings is 1. The quantitative estimate of drug-likeness (QED) is 0.816. The van der Waals surface area contributed by atoms with Crippen molar-refractivity contribution in [3.63, 3.8) is 0 Å². The highest BCUT2D eigenvalue weighted by Gasteiger charge is 2.34. The maximum atomic E-state index is 13.0. The van der Waals surface area contributed by atoms with E-state index in [1.54, 1.807) is 18.3 Å². The topological polar surface area (TPSA) is 109 Å². The number of nitrogens with zero attached hydrogens (tertiary/aromatic N) is 4. The van der Waals surface area contributed by atoms with Gasteiger partial charge in [0.1, 0.15) is 17.0 Å². The number of hydrogen-bond donors (Lipinski definition) is 1. The summed E-state index contributed by atoms with van der Waals surface area (Å²) in [5.41, 5.74) is 7.18. The van der Waals surface area contributed by atoms with Crippen LogP contribution in [-0.2, 0) is 27.8 Å². The van der Waals surface area contributed by atoms with Crippen LogP contribution >= 0.6 is 11.3 Å². The van der Waals surface area contributed by atoms with Gasteiger partial charge >= 0.3 is 0 Å². The molecule has 0 unspecified atom stereocenters. The predicted octanol–water partition coefficient (Wildman–Crippen LogP) is 1.22. The number of aromatic nitrogens is 2. The molecular weight excluding hydrogens is 386 g/mol. The van der Waals surface area contributed by atoms with Crippen LogP contribution in [0.5, 0.6) is 0 Å². The zero-order chi connectivity index (χ0) is 19.2. The summed E-state index contributed by atoms with van der Waals surface area (Å²) in [6.07, 6.45) is 3.40. The van der Waals surface area contributed by atoms with Crippen molar-refractivity contribution >= 4 is 43.3 Å². The van der Waals surface area contributed by atoms with Crippen molar-refractivity contribution < 1.29 is 13.2 Å². The van der Waals surface area contributed by atoms with Gasteiger partial charge in [0.05, 0.1) is 17.7 Å². The zero-order valence-corrected chi connectivity index (χ0v) is 16.9. The first-order valence-electron chi connectivity index (χ1n) is 9.18. The molecule has 1 amide bonds. The van der Waals surface area contributed by atoms with E-state index in [1.807, 2.05) is 4.90 Å². The van der Waals surface area contributed by atoms with Crippen molar-refractivity contribution in [3.05, 3.63) is 16.8 Å². The number of hydrogen-bond acceptors (Lipinski definition) is 7. The molecule has 2 N–H and O–H groups in total. The van der Waals surface area contributed by atoms with Crippen LogP contribution in [0.2, 0.25) is 0 Å². The minimum atomic E-state index is -3.17. The normalized spacial score (nSPS) is 19.4. The Morgan fingerprint density at radius 3 is 2.74 bits per heavy atom. The maximum absolute atomic E-state index is 13.0. The molecule has 2 aromatic heterocycles. The fourth-order valence-electron chi connectivity index (χ4n) is 3.96. The average Bonchev–Trinajstić information content (AvgIpc) is 3.06. The second-order valence-corrected chi connectivity index (χ2v) is 10.4. The molecular formula is C17H23N5O3S2. The Balaban J connectivity index is 1.46. The molecule has 4 heterocycles. The molecule has 0 aromatic carbocycles. The van der Waals surface area contributed by atoms with Crippen LogP contribution in [-0.4, -0.2) is 58.9 Å². The van der Waals surface area contributed by atoms with Gasteiger partial charge in [0.15, 0.2) is 0 Å². The number of amides is 1. The molecule has 0 aliphatic carbocycles. The largest absolute Gasteiger partial charge is 0.383 e. The molecule has 146 valence electrons. The molecule has 27 heavy (non-hydrogen) atoms. The minimum Gasteiger partial charge on any atom is -0.383 e. The molecule has 2 aromatic rings. The third kappa shape index (κ3) is 3.30. The van der Waals surface area contributed by atoms with Gasteiger partial charge in [-0.1, -0.05) is 0 Å². The van der Waals surface area contributed by atoms with Gasteiger partial charge in [-0.2, -0.15) is 0 Å². The SMILES string of the molecule is CCS(=O)(=O)N1CCC(C(=O)N2CCc3c(sc4ncnc(N)c34)C2)CC1. The van der Waals surface area contributed by atoms with Crippen LogP contribution in [0.15, 0.2) is 6.33 Å². The number of anilines is 1. The van der Waals surface area contributed by atoms with Gasteiger partial charge in [0, 0.05) is 30.4 Å². The fourth-order valence-corrected chi connectivity index (χ4v) is 6.31. The van der Waals surface area contributed by atoms with E-state index in [9.17, 15) is 13.2 Å². The van der Waals surface area contributed by atoms with Gasteiger partial charge in [-0.05, 0) is 31.7 Å². The Morgan fingerprint density at radius 2 is 2.04 bits per heavy atom. The Labute approximate surface area is 162 Å². The fraction of sp³-hybridized carbons (Fsp3) is 0.588. The van der Waals surface area contributed by atoms with Crippen molar-refractivity contribution in [2.45, 2.75) is 32.7 Å². The van der Waals surface area contributed by atoms with Gasteiger partial charge < -0.3 is 10.6 Å². The predicted molar refractivity (Wildman–Crippen MR) is 105 cm³/mol. The van der Waals surface area contributed by atoms with Gasteiger partial charge in [-0.3, -0.25) is 4.79 Å². The van der Waals surface area contributed by atoms with Crippen LogP contribution in [0.3, 0.4) is 0 Å². The van der Waals surface area contributed by atoms with Gasteiger partial charge in [0.25, 0.3) is 0 Å². The molecule has 0 spiro atoms. The highest BCUT2D eigenvalue weighted by Crippen LogP contribution is 2.37. The van der Waals surface area contributed by atoms with E-state index in [1.165, 1.54) is 16.2 Å². The van der Waals surface area contributed by atoms with Crippen molar-refractivity contribution in [2.75, 3.05) is 31.1 Å². The third-order valence-electron chi connectivity index (χ3n) is 5.54. The van der Waals surface area contributed by atoms with Crippen LogP contribution in [0.4, 0.5) is 5.82 Å². The van der Waals surface area contributed by atoms with Crippen LogP contribution in [0.25, 0.3) is 10.2 Å². The summed E-state index contributed by atoms with van der Waals surface area (Å²) < 4.78 is 25.5. The number of rotatable bonds is 3. The van der Waals surface area contributed by atoms with Gasteiger partial charge in [-0.15, -0.1) is 11.3 Å². The number of carbonyl (C=O) groups excluding carboxylic acids is 1. The molecule has 2 aliphatic rings. The summed E-state index contributed by atoms with van der Waals surface area (Å²) in [6.45, 7) is 3.74. The number of fused-ring (bicyclic) bond motifs is 3. The van der Waals surface area contributed by atoms with E-state index >= 15 is 0 Å². The molecule has 1 fully saturated rings. The second kappa shape index (κ2) is 6.99. The number of sulfonamides is 1. The van der Waals surface area contributed by atoms with Crippen LogP contribution in [0, 0.1) is 5.92 Å². The average molecular weight is 410 g/mol.